The van der Waals surface area contributed by atoms with E-state index in [1.807, 2.05) is 0 Å². The van der Waals surface area contributed by atoms with Crippen LogP contribution in [-0.4, -0.2) is 19.9 Å². The van der Waals surface area contributed by atoms with Crippen LogP contribution in [0.5, 0.6) is 0 Å². The highest BCUT2D eigenvalue weighted by atomic mass is 32.2. The summed E-state index contributed by atoms with van der Waals surface area (Å²) in [7, 11) is -3.89. The molecule has 0 unspecified atom stereocenters. The van der Waals surface area contributed by atoms with Gasteiger partial charge in [-0.05, 0) is 18.6 Å². The number of nitro groups is 1. The van der Waals surface area contributed by atoms with Crippen molar-refractivity contribution in [2.75, 3.05) is 12.3 Å². The van der Waals surface area contributed by atoms with Crippen LogP contribution in [0.2, 0.25) is 0 Å². The van der Waals surface area contributed by atoms with Crippen LogP contribution >= 0.6 is 0 Å². The Kier molecular flexibility index (Phi) is 4.02. The fourth-order valence-electron chi connectivity index (χ4n) is 1.21. The molecule has 0 saturated carbocycles. The van der Waals surface area contributed by atoms with Crippen molar-refractivity contribution in [2.45, 2.75) is 18.2 Å². The Morgan fingerprint density at radius 2 is 2.12 bits per heavy atom. The number of anilines is 1. The molecule has 0 aliphatic heterocycles. The zero-order chi connectivity index (χ0) is 13.1. The Balaban J connectivity index is 3.28. The molecule has 0 spiro atoms. The summed E-state index contributed by atoms with van der Waals surface area (Å²) in [6.07, 6.45) is 0.593. The topological polar surface area (TPSA) is 115 Å². The maximum absolute atomic E-state index is 11.8. The van der Waals surface area contributed by atoms with Gasteiger partial charge in [0.1, 0.15) is 0 Å². The molecule has 0 aromatic heterocycles. The van der Waals surface area contributed by atoms with Crippen molar-refractivity contribution >= 4 is 21.4 Å². The van der Waals surface area contributed by atoms with E-state index < -0.39 is 25.5 Å². The number of nitrogens with two attached hydrogens (primary N) is 1. The quantitative estimate of drug-likeness (QED) is 0.462. The largest absolute Gasteiger partial charge is 0.399 e. The Hall–Kier alpha value is -1.67. The predicted octanol–water partition coefficient (Wildman–Crippen LogP) is 0.865. The Bertz CT molecular complexity index is 527. The standard InChI is InChI=1S/C9H13N3O4S/c1-2-5-11-17(15,16)9-6-7(10)3-4-8(9)12(13)14/h3-4,6,11H,2,5,10H2,1H3. The van der Waals surface area contributed by atoms with Gasteiger partial charge >= 0.3 is 0 Å². The molecule has 1 rings (SSSR count). The van der Waals surface area contributed by atoms with Crippen molar-refractivity contribution in [3.8, 4) is 0 Å². The number of benzene rings is 1. The molecule has 0 atom stereocenters. The molecule has 0 aliphatic rings. The van der Waals surface area contributed by atoms with E-state index in [1.165, 1.54) is 6.07 Å². The first-order chi connectivity index (χ1) is 7.88. The number of nitrogens with one attached hydrogen (secondary N) is 1. The van der Waals surface area contributed by atoms with Gasteiger partial charge in [-0.15, -0.1) is 0 Å². The van der Waals surface area contributed by atoms with Crippen LogP contribution in [-0.2, 0) is 10.0 Å². The highest BCUT2D eigenvalue weighted by Gasteiger charge is 2.25. The van der Waals surface area contributed by atoms with E-state index >= 15 is 0 Å². The SMILES string of the molecule is CCCNS(=O)(=O)c1cc(N)ccc1[N+](=O)[O-]. The third-order valence-corrected chi connectivity index (χ3v) is 3.50. The summed E-state index contributed by atoms with van der Waals surface area (Å²) in [6, 6.07) is 3.45. The van der Waals surface area contributed by atoms with Gasteiger partial charge in [0.2, 0.25) is 10.0 Å². The Morgan fingerprint density at radius 1 is 1.47 bits per heavy atom. The molecule has 1 aromatic carbocycles. The van der Waals surface area contributed by atoms with E-state index in [0.29, 0.717) is 6.42 Å². The van der Waals surface area contributed by atoms with Crippen LogP contribution in [0.3, 0.4) is 0 Å². The van der Waals surface area contributed by atoms with Gasteiger partial charge in [-0.25, -0.2) is 13.1 Å². The second-order valence-electron chi connectivity index (χ2n) is 3.38. The zero-order valence-electron chi connectivity index (χ0n) is 9.21. The van der Waals surface area contributed by atoms with Crippen molar-refractivity contribution in [1.82, 2.24) is 4.72 Å². The van der Waals surface area contributed by atoms with Crippen molar-refractivity contribution in [3.05, 3.63) is 28.3 Å². The molecular weight excluding hydrogens is 246 g/mol. The molecule has 0 aliphatic carbocycles. The first kappa shape index (κ1) is 13.4. The molecular formula is C9H13N3O4S. The second-order valence-corrected chi connectivity index (χ2v) is 5.12. The van der Waals surface area contributed by atoms with Crippen molar-refractivity contribution in [1.29, 1.82) is 0 Å². The second kappa shape index (κ2) is 5.11. The molecule has 0 fully saturated rings. The number of rotatable bonds is 5. The van der Waals surface area contributed by atoms with E-state index in [9.17, 15) is 18.5 Å². The average Bonchev–Trinajstić information content (AvgIpc) is 2.26. The number of hydrogen-bond acceptors (Lipinski definition) is 5. The fraction of sp³-hybridized carbons (Fsp3) is 0.333. The van der Waals surface area contributed by atoms with Gasteiger partial charge in [-0.3, -0.25) is 10.1 Å². The number of nitro benzene ring substituents is 1. The van der Waals surface area contributed by atoms with Crippen LogP contribution in [0.1, 0.15) is 13.3 Å². The number of sulfonamides is 1. The molecule has 0 heterocycles. The lowest BCUT2D eigenvalue weighted by Gasteiger charge is -2.06. The van der Waals surface area contributed by atoms with Gasteiger partial charge in [-0.1, -0.05) is 6.92 Å². The normalized spacial score (nSPS) is 11.4. The summed E-state index contributed by atoms with van der Waals surface area (Å²) < 4.78 is 25.9. The fourth-order valence-corrected chi connectivity index (χ4v) is 2.55. The zero-order valence-corrected chi connectivity index (χ0v) is 10.0. The van der Waals surface area contributed by atoms with Crippen molar-refractivity contribution < 1.29 is 13.3 Å². The number of nitrogen functional groups attached to an aromatic ring is 1. The molecule has 1 aromatic rings. The lowest BCUT2D eigenvalue weighted by Crippen LogP contribution is -2.25. The van der Waals surface area contributed by atoms with Crippen LogP contribution < -0.4 is 10.5 Å². The molecule has 0 saturated heterocycles. The monoisotopic (exact) mass is 259 g/mol. The molecule has 3 N–H and O–H groups in total. The van der Waals surface area contributed by atoms with Gasteiger partial charge in [0.15, 0.2) is 4.90 Å². The van der Waals surface area contributed by atoms with E-state index in [2.05, 4.69) is 4.72 Å². The van der Waals surface area contributed by atoms with Crippen molar-refractivity contribution in [3.63, 3.8) is 0 Å². The molecule has 0 amide bonds. The summed E-state index contributed by atoms with van der Waals surface area (Å²) in [5.74, 6) is 0. The lowest BCUT2D eigenvalue weighted by molar-refractivity contribution is -0.387. The minimum absolute atomic E-state index is 0.160. The Labute approximate surface area is 98.8 Å². The van der Waals surface area contributed by atoms with E-state index in [1.54, 1.807) is 6.92 Å². The summed E-state index contributed by atoms with van der Waals surface area (Å²) in [5.41, 5.74) is 5.11. The first-order valence-electron chi connectivity index (χ1n) is 4.92. The lowest BCUT2D eigenvalue weighted by atomic mass is 10.3. The number of hydrogen-bond donors (Lipinski definition) is 2. The average molecular weight is 259 g/mol. The smallest absolute Gasteiger partial charge is 0.289 e. The minimum atomic E-state index is -3.89. The van der Waals surface area contributed by atoms with Gasteiger partial charge in [0.05, 0.1) is 4.92 Å². The van der Waals surface area contributed by atoms with Crippen LogP contribution in [0.15, 0.2) is 23.1 Å². The van der Waals surface area contributed by atoms with E-state index in [-0.39, 0.29) is 12.2 Å². The predicted molar refractivity (Wildman–Crippen MR) is 63.0 cm³/mol. The summed E-state index contributed by atoms with van der Waals surface area (Å²) in [5, 5.41) is 10.7. The summed E-state index contributed by atoms with van der Waals surface area (Å²) >= 11 is 0. The first-order valence-corrected chi connectivity index (χ1v) is 6.40. The highest BCUT2D eigenvalue weighted by molar-refractivity contribution is 7.89. The molecule has 17 heavy (non-hydrogen) atoms. The van der Waals surface area contributed by atoms with Crippen LogP contribution in [0, 0.1) is 10.1 Å². The highest BCUT2D eigenvalue weighted by Crippen LogP contribution is 2.25. The van der Waals surface area contributed by atoms with Crippen LogP contribution in [0.25, 0.3) is 0 Å². The molecule has 0 bridgehead atoms. The van der Waals surface area contributed by atoms with E-state index in [4.69, 9.17) is 5.73 Å². The minimum Gasteiger partial charge on any atom is -0.399 e. The van der Waals surface area contributed by atoms with E-state index in [0.717, 1.165) is 12.1 Å². The van der Waals surface area contributed by atoms with Crippen molar-refractivity contribution in [2.24, 2.45) is 0 Å². The third kappa shape index (κ3) is 3.14. The van der Waals surface area contributed by atoms with Gasteiger partial charge in [0.25, 0.3) is 5.69 Å². The van der Waals surface area contributed by atoms with Gasteiger partial charge in [0, 0.05) is 18.3 Å². The Morgan fingerprint density at radius 3 is 2.65 bits per heavy atom. The maximum atomic E-state index is 11.8. The molecule has 8 heteroatoms. The summed E-state index contributed by atoms with van der Waals surface area (Å²) in [4.78, 5) is 9.57. The maximum Gasteiger partial charge on any atom is 0.289 e. The van der Waals surface area contributed by atoms with Gasteiger partial charge in [-0.2, -0.15) is 0 Å². The molecule has 7 nitrogen and oxygen atoms in total. The molecule has 94 valence electrons. The molecule has 0 radical (unpaired) electrons. The number of nitrogens with zero attached hydrogens (tertiary/aromatic N) is 1. The van der Waals surface area contributed by atoms with Gasteiger partial charge < -0.3 is 5.73 Å². The van der Waals surface area contributed by atoms with Crippen LogP contribution in [0.4, 0.5) is 11.4 Å². The third-order valence-electron chi connectivity index (χ3n) is 2.01. The summed E-state index contributed by atoms with van der Waals surface area (Å²) in [6.45, 7) is 2.00.